The van der Waals surface area contributed by atoms with Crippen molar-refractivity contribution in [3.05, 3.63) is 0 Å². The number of rotatable bonds is 0. The molecule has 0 amide bonds. The van der Waals surface area contributed by atoms with E-state index < -0.39 is 0 Å². The van der Waals surface area contributed by atoms with Crippen molar-refractivity contribution in [3.8, 4) is 0 Å². The molecule has 12 heavy (non-hydrogen) atoms. The lowest BCUT2D eigenvalue weighted by Gasteiger charge is -1.68. The highest BCUT2D eigenvalue weighted by molar-refractivity contribution is 6.64. The van der Waals surface area contributed by atoms with Crippen LogP contribution in [0.25, 0.3) is 0 Å². The lowest BCUT2D eigenvalue weighted by molar-refractivity contribution is -0.106. The fourth-order valence-electron chi connectivity index (χ4n) is 0. The lowest BCUT2D eigenvalue weighted by Crippen LogP contribution is -1.68. The smallest absolute Gasteiger partial charge is 0.142 e. The minimum absolute atomic E-state index is 0.157. The van der Waals surface area contributed by atoms with Crippen LogP contribution < -0.4 is 0 Å². The molecule has 0 atom stereocenters. The highest BCUT2D eigenvalue weighted by Gasteiger charge is 1.69. The predicted octanol–water partition coefficient (Wildman–Crippen LogP) is 1.70. The maximum absolute atomic E-state index is 8.81. The molecule has 5 nitrogen and oxygen atoms in total. The van der Waals surface area contributed by atoms with Gasteiger partial charge >= 0.3 is 0 Å². The first kappa shape index (κ1) is 17.1. The van der Waals surface area contributed by atoms with Gasteiger partial charge in [0.2, 0.25) is 0 Å². The van der Waals surface area contributed by atoms with Crippen LogP contribution in [0.5, 0.6) is 0 Å². The van der Waals surface area contributed by atoms with E-state index >= 15 is 0 Å². The fraction of sp³-hybridized carbons (Fsp3) is 0.500. The molecule has 0 spiro atoms. The molecule has 6 heteroatoms. The Balaban J connectivity index is -0.000000105. The van der Waals surface area contributed by atoms with E-state index in [9.17, 15) is 0 Å². The summed E-state index contributed by atoms with van der Waals surface area (Å²) in [7, 11) is 0. The minimum Gasteiger partial charge on any atom is -0.411 e. The quantitative estimate of drug-likeness (QED) is 0.268. The molecule has 0 rings (SSSR count). The SMILES string of the molecule is CC(Cl)=NO.CC=NO.CC=O. The number of halogens is 1. The average molecular weight is 197 g/mol. The van der Waals surface area contributed by atoms with Crippen molar-refractivity contribution in [3.63, 3.8) is 0 Å². The molecular weight excluding hydrogens is 184 g/mol. The highest BCUT2D eigenvalue weighted by atomic mass is 35.5. The third-order valence-corrected chi connectivity index (χ3v) is 0.329. The highest BCUT2D eigenvalue weighted by Crippen LogP contribution is 1.75. The third kappa shape index (κ3) is 154. The van der Waals surface area contributed by atoms with E-state index in [1.165, 1.54) is 20.1 Å². The Labute approximate surface area is 76.3 Å². The minimum atomic E-state index is 0.157. The largest absolute Gasteiger partial charge is 0.411 e. The van der Waals surface area contributed by atoms with E-state index in [-0.39, 0.29) is 5.17 Å². The number of oxime groups is 2. The molecule has 0 aliphatic heterocycles. The number of nitrogens with zero attached hydrogens (tertiary/aromatic N) is 2. The lowest BCUT2D eigenvalue weighted by atomic mass is 10.9. The standard InChI is InChI=1S/C2H4ClNO.C2H5NO.C2H4O/c1-2(3)4-5;1-2-3-4;1-2-3/h5H,1H3;2,4H,1H3;2H,1H3. The first-order chi connectivity index (χ1) is 5.60. The van der Waals surface area contributed by atoms with Crippen LogP contribution in [0.4, 0.5) is 0 Å². The molecule has 0 aliphatic rings. The molecule has 0 saturated carbocycles. The van der Waals surface area contributed by atoms with Gasteiger partial charge in [-0.25, -0.2) is 0 Å². The molecule has 0 heterocycles. The van der Waals surface area contributed by atoms with Crippen LogP contribution in [0.1, 0.15) is 20.8 Å². The maximum atomic E-state index is 8.81. The van der Waals surface area contributed by atoms with E-state index in [0.717, 1.165) is 6.29 Å². The van der Waals surface area contributed by atoms with Crippen molar-refractivity contribution >= 4 is 29.3 Å². The zero-order valence-electron chi connectivity index (χ0n) is 7.23. The van der Waals surface area contributed by atoms with Gasteiger partial charge in [-0.05, 0) is 20.8 Å². The van der Waals surface area contributed by atoms with Gasteiger partial charge in [0.05, 0.1) is 0 Å². The zero-order chi connectivity index (χ0) is 10.4. The second-order valence-corrected chi connectivity index (χ2v) is 1.75. The van der Waals surface area contributed by atoms with Gasteiger partial charge in [0.1, 0.15) is 11.5 Å². The first-order valence-electron chi connectivity index (χ1n) is 2.96. The Morgan fingerprint density at radius 1 is 1.42 bits per heavy atom. The van der Waals surface area contributed by atoms with E-state index in [0.29, 0.717) is 0 Å². The molecule has 0 aromatic carbocycles. The summed E-state index contributed by atoms with van der Waals surface area (Å²) in [5.74, 6) is 0. The predicted molar refractivity (Wildman–Crippen MR) is 48.4 cm³/mol. The Morgan fingerprint density at radius 3 is 1.58 bits per heavy atom. The number of hydrogen-bond acceptors (Lipinski definition) is 5. The summed E-state index contributed by atoms with van der Waals surface area (Å²) in [6.07, 6.45) is 2.06. The van der Waals surface area contributed by atoms with Gasteiger partial charge in [-0.3, -0.25) is 0 Å². The van der Waals surface area contributed by atoms with Crippen LogP contribution in [0.2, 0.25) is 0 Å². The molecule has 0 aliphatic carbocycles. The van der Waals surface area contributed by atoms with Crippen LogP contribution in [-0.4, -0.2) is 28.1 Å². The molecule has 72 valence electrons. The van der Waals surface area contributed by atoms with Gasteiger partial charge in [-0.1, -0.05) is 16.8 Å². The number of carbonyl (C=O) groups is 1. The first-order valence-corrected chi connectivity index (χ1v) is 3.34. The normalized spacial score (nSPS) is 9.17. The Kier molecular flexibility index (Phi) is 32.1. The van der Waals surface area contributed by atoms with E-state index in [1.807, 2.05) is 0 Å². The Bertz CT molecular complexity index is 129. The average Bonchev–Trinajstić information content (AvgIpc) is 2.06. The van der Waals surface area contributed by atoms with Gasteiger partial charge in [0, 0.05) is 6.21 Å². The summed E-state index contributed by atoms with van der Waals surface area (Å²) in [4.78, 5) is 8.81. The number of hydrogen-bond donors (Lipinski definition) is 2. The summed E-state index contributed by atoms with van der Waals surface area (Å²) >= 11 is 4.96. The second-order valence-electron chi connectivity index (χ2n) is 1.21. The van der Waals surface area contributed by atoms with Crippen LogP contribution >= 0.6 is 11.6 Å². The van der Waals surface area contributed by atoms with Crippen molar-refractivity contribution in [2.24, 2.45) is 10.3 Å². The van der Waals surface area contributed by atoms with Gasteiger partial charge in [-0.2, -0.15) is 0 Å². The van der Waals surface area contributed by atoms with E-state index in [1.54, 1.807) is 6.92 Å². The number of aldehydes is 1. The molecule has 0 aromatic rings. The van der Waals surface area contributed by atoms with Gasteiger partial charge in [-0.15, -0.1) is 5.16 Å². The molecule has 0 radical (unpaired) electrons. The van der Waals surface area contributed by atoms with Crippen LogP contribution in [0.3, 0.4) is 0 Å². The molecule has 0 saturated heterocycles. The van der Waals surface area contributed by atoms with E-state index in [4.69, 9.17) is 26.8 Å². The molecule has 0 fully saturated rings. The topological polar surface area (TPSA) is 82.2 Å². The summed E-state index contributed by atoms with van der Waals surface area (Å²) < 4.78 is 0. The maximum Gasteiger partial charge on any atom is 0.142 e. The van der Waals surface area contributed by atoms with Crippen LogP contribution in [0, 0.1) is 0 Å². The summed E-state index contributed by atoms with van der Waals surface area (Å²) in [6, 6.07) is 0. The van der Waals surface area contributed by atoms with Crippen LogP contribution in [-0.2, 0) is 4.79 Å². The van der Waals surface area contributed by atoms with Gasteiger partial charge in [0.15, 0.2) is 0 Å². The van der Waals surface area contributed by atoms with E-state index in [2.05, 4.69) is 10.3 Å². The van der Waals surface area contributed by atoms with Crippen molar-refractivity contribution in [2.75, 3.05) is 0 Å². The van der Waals surface area contributed by atoms with Crippen molar-refractivity contribution in [2.45, 2.75) is 20.8 Å². The number of carbonyl (C=O) groups excluding carboxylic acids is 1. The molecular formula is C6H13ClN2O3. The van der Waals surface area contributed by atoms with Crippen molar-refractivity contribution in [1.29, 1.82) is 0 Å². The monoisotopic (exact) mass is 196 g/mol. The van der Waals surface area contributed by atoms with Gasteiger partial charge < -0.3 is 15.2 Å². The summed E-state index contributed by atoms with van der Waals surface area (Å²) in [5.41, 5.74) is 0. The molecule has 0 aromatic heterocycles. The van der Waals surface area contributed by atoms with Crippen molar-refractivity contribution in [1.82, 2.24) is 0 Å². The Hall–Kier alpha value is -1.10. The summed E-state index contributed by atoms with van der Waals surface area (Å²) in [5, 5.41) is 20.4. The molecule has 2 N–H and O–H groups in total. The zero-order valence-corrected chi connectivity index (χ0v) is 7.99. The third-order valence-electron chi connectivity index (χ3n) is 0.253. The summed E-state index contributed by atoms with van der Waals surface area (Å²) in [6.45, 7) is 4.57. The molecule has 0 bridgehead atoms. The fourth-order valence-corrected chi connectivity index (χ4v) is 0. The second kappa shape index (κ2) is 22.5. The van der Waals surface area contributed by atoms with Gasteiger partial charge in [0.25, 0.3) is 0 Å². The molecule has 0 unspecified atom stereocenters. The van der Waals surface area contributed by atoms with Crippen molar-refractivity contribution < 1.29 is 15.2 Å². The van der Waals surface area contributed by atoms with Crippen LogP contribution in [0.15, 0.2) is 10.3 Å². The Morgan fingerprint density at radius 2 is 1.58 bits per heavy atom.